The van der Waals surface area contributed by atoms with Crippen LogP contribution in [0.25, 0.3) is 0 Å². The van der Waals surface area contributed by atoms with Gasteiger partial charge in [0.25, 0.3) is 5.91 Å². The Kier molecular flexibility index (Phi) is 5.71. The predicted molar refractivity (Wildman–Crippen MR) is 91.5 cm³/mol. The van der Waals surface area contributed by atoms with Crippen LogP contribution in [0.1, 0.15) is 27.9 Å². The molecular weight excluding hydrogens is 324 g/mol. The summed E-state index contributed by atoms with van der Waals surface area (Å²) in [4.78, 5) is 18.1. The van der Waals surface area contributed by atoms with Crippen molar-refractivity contribution in [3.05, 3.63) is 65.2 Å². The number of benzene rings is 1. The molecule has 1 aliphatic rings. The van der Waals surface area contributed by atoms with Crippen LogP contribution in [0.3, 0.4) is 0 Å². The second kappa shape index (κ2) is 8.16. The van der Waals surface area contributed by atoms with Crippen molar-refractivity contribution in [2.75, 3.05) is 19.8 Å². The molecule has 1 N–H and O–H groups in total. The molecule has 1 aromatic heterocycles. The number of nitrogens with one attached hydrogen (secondary N) is 1. The molecule has 1 aliphatic heterocycles. The molecule has 1 amide bonds. The largest absolute Gasteiger partial charge is 0.350 e. The number of aromatic nitrogens is 1. The zero-order valence-corrected chi connectivity index (χ0v) is 13.9. The molecule has 0 radical (unpaired) electrons. The number of hydrogen-bond acceptors (Lipinski definition) is 3. The van der Waals surface area contributed by atoms with Gasteiger partial charge in [-0.15, -0.1) is 0 Å². The first-order valence-corrected chi connectivity index (χ1v) is 8.43. The molecule has 25 heavy (non-hydrogen) atoms. The lowest BCUT2D eigenvalue weighted by atomic mass is 9.93. The van der Waals surface area contributed by atoms with Gasteiger partial charge in [0, 0.05) is 31.9 Å². The van der Waals surface area contributed by atoms with E-state index in [-0.39, 0.29) is 24.2 Å². The number of alkyl halides is 1. The zero-order valence-electron chi connectivity index (χ0n) is 13.9. The quantitative estimate of drug-likeness (QED) is 0.876. The summed E-state index contributed by atoms with van der Waals surface area (Å²) in [5.41, 5.74) is 2.70. The van der Waals surface area contributed by atoms with Gasteiger partial charge < -0.3 is 5.32 Å². The normalized spacial score (nSPS) is 17.1. The average Bonchev–Trinajstić information content (AvgIpc) is 2.64. The first kappa shape index (κ1) is 17.5. The van der Waals surface area contributed by atoms with Crippen LogP contribution in [-0.2, 0) is 13.0 Å². The summed E-state index contributed by atoms with van der Waals surface area (Å²) in [7, 11) is 0. The van der Waals surface area contributed by atoms with Crippen LogP contribution in [-0.4, -0.2) is 41.6 Å². The van der Waals surface area contributed by atoms with Gasteiger partial charge in [-0.05, 0) is 30.0 Å². The van der Waals surface area contributed by atoms with E-state index in [0.717, 1.165) is 19.2 Å². The second-order valence-corrected chi connectivity index (χ2v) is 6.24. The van der Waals surface area contributed by atoms with Gasteiger partial charge in [-0.3, -0.25) is 19.1 Å². The average molecular weight is 345 g/mol. The first-order valence-electron chi connectivity index (χ1n) is 8.43. The lowest BCUT2D eigenvalue weighted by Crippen LogP contribution is -2.47. The third kappa shape index (κ3) is 4.39. The minimum atomic E-state index is -0.538. The molecule has 0 bridgehead atoms. The fraction of sp³-hybridized carbons (Fsp3) is 0.368. The van der Waals surface area contributed by atoms with E-state index < -0.39 is 5.82 Å². The van der Waals surface area contributed by atoms with Gasteiger partial charge in [-0.2, -0.15) is 0 Å². The molecule has 1 unspecified atom stereocenters. The first-order chi connectivity index (χ1) is 12.2. The zero-order chi connectivity index (χ0) is 17.6. The van der Waals surface area contributed by atoms with Crippen LogP contribution in [0.4, 0.5) is 8.78 Å². The Morgan fingerprint density at radius 3 is 2.84 bits per heavy atom. The Balaban J connectivity index is 1.67. The number of hydrogen-bond donors (Lipinski definition) is 1. The highest BCUT2D eigenvalue weighted by molar-refractivity contribution is 5.93. The molecule has 3 rings (SSSR count). The number of pyridine rings is 1. The van der Waals surface area contributed by atoms with Crippen LogP contribution in [0.2, 0.25) is 0 Å². The van der Waals surface area contributed by atoms with Gasteiger partial charge in [0.2, 0.25) is 0 Å². The Hall–Kier alpha value is -2.34. The minimum absolute atomic E-state index is 0.0897. The van der Waals surface area contributed by atoms with Gasteiger partial charge >= 0.3 is 0 Å². The Labute approximate surface area is 145 Å². The van der Waals surface area contributed by atoms with Gasteiger partial charge in [-0.1, -0.05) is 24.3 Å². The van der Waals surface area contributed by atoms with E-state index in [4.69, 9.17) is 0 Å². The lowest BCUT2D eigenvalue weighted by molar-refractivity contribution is 0.0922. The molecule has 2 heterocycles. The van der Waals surface area contributed by atoms with E-state index in [1.807, 2.05) is 12.1 Å². The van der Waals surface area contributed by atoms with Crippen molar-refractivity contribution in [2.45, 2.75) is 25.4 Å². The molecule has 0 saturated heterocycles. The molecule has 0 aliphatic carbocycles. The Morgan fingerprint density at radius 1 is 1.28 bits per heavy atom. The summed E-state index contributed by atoms with van der Waals surface area (Å²) in [6.45, 7) is 1.47. The molecule has 1 atom stereocenters. The number of amides is 1. The van der Waals surface area contributed by atoms with Crippen LogP contribution in [0.15, 0.2) is 42.7 Å². The van der Waals surface area contributed by atoms with Crippen molar-refractivity contribution in [1.82, 2.24) is 15.2 Å². The van der Waals surface area contributed by atoms with E-state index in [9.17, 15) is 13.6 Å². The van der Waals surface area contributed by atoms with Gasteiger partial charge in [0.15, 0.2) is 0 Å². The van der Waals surface area contributed by atoms with Crippen molar-refractivity contribution < 1.29 is 13.6 Å². The fourth-order valence-corrected chi connectivity index (χ4v) is 3.22. The highest BCUT2D eigenvalue weighted by atomic mass is 19.1. The maximum atomic E-state index is 13.2. The van der Waals surface area contributed by atoms with E-state index in [1.54, 1.807) is 0 Å². The van der Waals surface area contributed by atoms with Gasteiger partial charge in [-0.25, -0.2) is 4.39 Å². The highest BCUT2D eigenvalue weighted by Crippen LogP contribution is 2.23. The van der Waals surface area contributed by atoms with Crippen LogP contribution >= 0.6 is 0 Å². The van der Waals surface area contributed by atoms with Crippen molar-refractivity contribution in [2.24, 2.45) is 0 Å². The molecule has 4 nitrogen and oxygen atoms in total. The minimum Gasteiger partial charge on any atom is -0.350 e. The number of halogens is 2. The maximum Gasteiger partial charge on any atom is 0.253 e. The topological polar surface area (TPSA) is 45.2 Å². The molecule has 2 aromatic rings. The van der Waals surface area contributed by atoms with Crippen molar-refractivity contribution in [3.63, 3.8) is 0 Å². The monoisotopic (exact) mass is 345 g/mol. The number of carbonyl (C=O) groups is 1. The van der Waals surface area contributed by atoms with E-state index in [1.165, 1.54) is 23.4 Å². The van der Waals surface area contributed by atoms with E-state index in [2.05, 4.69) is 27.3 Å². The lowest BCUT2D eigenvalue weighted by Gasteiger charge is -2.37. The summed E-state index contributed by atoms with van der Waals surface area (Å²) in [5.74, 6) is -0.889. The third-order valence-corrected chi connectivity index (χ3v) is 4.51. The number of fused-ring (bicyclic) bond motifs is 1. The smallest absolute Gasteiger partial charge is 0.253 e. The van der Waals surface area contributed by atoms with Crippen molar-refractivity contribution in [3.8, 4) is 0 Å². The summed E-state index contributed by atoms with van der Waals surface area (Å²) in [5, 5.41) is 2.85. The maximum absolute atomic E-state index is 13.2. The molecule has 0 fully saturated rings. The van der Waals surface area contributed by atoms with E-state index >= 15 is 0 Å². The SMILES string of the molecule is O=C(NCC1Cc2ccccc2CN1CCCF)c1cncc(F)c1. The summed E-state index contributed by atoms with van der Waals surface area (Å²) < 4.78 is 25.8. The summed E-state index contributed by atoms with van der Waals surface area (Å²) in [6.07, 6.45) is 3.67. The molecule has 6 heteroatoms. The molecule has 132 valence electrons. The molecular formula is C19H21F2N3O. The molecule has 1 aromatic carbocycles. The molecule has 0 saturated carbocycles. The van der Waals surface area contributed by atoms with Crippen LogP contribution in [0.5, 0.6) is 0 Å². The number of nitrogens with zero attached hydrogens (tertiary/aromatic N) is 2. The van der Waals surface area contributed by atoms with Gasteiger partial charge in [0.05, 0.1) is 18.4 Å². The van der Waals surface area contributed by atoms with Gasteiger partial charge in [0.1, 0.15) is 5.82 Å². The predicted octanol–water partition coefficient (Wildman–Crippen LogP) is 2.74. The Bertz CT molecular complexity index is 738. The third-order valence-electron chi connectivity index (χ3n) is 4.51. The van der Waals surface area contributed by atoms with Crippen LogP contribution < -0.4 is 5.32 Å². The number of carbonyl (C=O) groups excluding carboxylic acids is 1. The number of rotatable bonds is 6. The van der Waals surface area contributed by atoms with Crippen LogP contribution in [0, 0.1) is 5.82 Å². The second-order valence-electron chi connectivity index (χ2n) is 6.24. The molecule has 0 spiro atoms. The summed E-state index contributed by atoms with van der Waals surface area (Å²) in [6, 6.07) is 9.44. The fourth-order valence-electron chi connectivity index (χ4n) is 3.22. The standard InChI is InChI=1S/C19H21F2N3O/c20-6-3-7-24-13-15-5-2-1-4-14(15)9-18(24)12-23-19(25)16-8-17(21)11-22-10-16/h1-2,4-5,8,10-11,18H,3,6-7,9,12-13H2,(H,23,25). The highest BCUT2D eigenvalue weighted by Gasteiger charge is 2.26. The van der Waals surface area contributed by atoms with E-state index in [0.29, 0.717) is 19.5 Å². The Morgan fingerprint density at radius 2 is 2.08 bits per heavy atom. The van der Waals surface area contributed by atoms with Crippen molar-refractivity contribution >= 4 is 5.91 Å². The van der Waals surface area contributed by atoms with Crippen molar-refractivity contribution in [1.29, 1.82) is 0 Å². The summed E-state index contributed by atoms with van der Waals surface area (Å²) >= 11 is 0.